The van der Waals surface area contributed by atoms with Crippen LogP contribution in [0.5, 0.6) is 5.88 Å². The maximum absolute atomic E-state index is 5.88. The average molecular weight is 394 g/mol. The number of nitrogens with zero attached hydrogens (tertiary/aromatic N) is 6. The summed E-state index contributed by atoms with van der Waals surface area (Å²) in [5, 5.41) is 9.36. The van der Waals surface area contributed by atoms with Gasteiger partial charge in [0.15, 0.2) is 0 Å². The maximum Gasteiger partial charge on any atom is 0.230 e. The molecule has 0 N–H and O–H groups in total. The second kappa shape index (κ2) is 7.59. The highest BCUT2D eigenvalue weighted by atomic mass is 16.5. The molecule has 5 rings (SSSR count). The van der Waals surface area contributed by atoms with Crippen molar-refractivity contribution in [3.05, 3.63) is 36.3 Å². The topological polar surface area (TPSA) is 80.4 Å². The second-order valence-corrected chi connectivity index (χ2v) is 8.12. The van der Waals surface area contributed by atoms with Gasteiger partial charge in [0.1, 0.15) is 6.33 Å². The smallest absolute Gasteiger partial charge is 0.230 e. The molecule has 1 aliphatic heterocycles. The van der Waals surface area contributed by atoms with E-state index in [-0.39, 0.29) is 6.10 Å². The number of hydrogen-bond acceptors (Lipinski definition) is 8. The van der Waals surface area contributed by atoms with Crippen molar-refractivity contribution in [1.29, 1.82) is 0 Å². The Labute approximate surface area is 169 Å². The summed E-state index contributed by atoms with van der Waals surface area (Å²) in [4.78, 5) is 13.5. The van der Waals surface area contributed by atoms with Crippen LogP contribution in [0, 0.1) is 0 Å². The molecular formula is C21H26N6O2. The van der Waals surface area contributed by atoms with Crippen LogP contribution in [-0.4, -0.2) is 57.3 Å². The van der Waals surface area contributed by atoms with Crippen molar-refractivity contribution in [3.63, 3.8) is 0 Å². The van der Waals surface area contributed by atoms with E-state index in [1.54, 1.807) is 6.33 Å². The first-order chi connectivity index (χ1) is 14.2. The zero-order valence-electron chi connectivity index (χ0n) is 16.9. The molecule has 1 aliphatic carbocycles. The number of fused-ring (bicyclic) bond motifs is 1. The normalized spacial score (nSPS) is 18.0. The minimum Gasteiger partial charge on any atom is -0.474 e. The zero-order valence-corrected chi connectivity index (χ0v) is 16.9. The molecule has 0 bridgehead atoms. The third-order valence-electron chi connectivity index (χ3n) is 5.44. The van der Waals surface area contributed by atoms with E-state index in [1.807, 2.05) is 19.9 Å². The van der Waals surface area contributed by atoms with Gasteiger partial charge in [0, 0.05) is 37.8 Å². The molecular weight excluding hydrogens is 368 g/mol. The van der Waals surface area contributed by atoms with Crippen LogP contribution in [0.4, 0.5) is 5.69 Å². The zero-order chi connectivity index (χ0) is 19.8. The Balaban J connectivity index is 1.25. The van der Waals surface area contributed by atoms with Gasteiger partial charge in [-0.05, 0) is 44.9 Å². The summed E-state index contributed by atoms with van der Waals surface area (Å²) in [6.07, 6.45) is 4.00. The lowest BCUT2D eigenvalue weighted by atomic mass is 10.2. The largest absolute Gasteiger partial charge is 0.474 e. The quantitative estimate of drug-likeness (QED) is 0.631. The molecule has 8 nitrogen and oxygen atoms in total. The van der Waals surface area contributed by atoms with Crippen LogP contribution in [0.15, 0.2) is 28.9 Å². The third-order valence-corrected chi connectivity index (χ3v) is 5.44. The Morgan fingerprint density at radius 3 is 2.69 bits per heavy atom. The number of rotatable bonds is 6. The summed E-state index contributed by atoms with van der Waals surface area (Å²) in [5.41, 5.74) is 2.08. The van der Waals surface area contributed by atoms with Gasteiger partial charge in [-0.1, -0.05) is 0 Å². The lowest BCUT2D eigenvalue weighted by Gasteiger charge is -2.35. The number of piperazine rings is 1. The third kappa shape index (κ3) is 4.03. The van der Waals surface area contributed by atoms with Gasteiger partial charge < -0.3 is 14.1 Å². The van der Waals surface area contributed by atoms with E-state index in [4.69, 9.17) is 9.15 Å². The van der Waals surface area contributed by atoms with Crippen molar-refractivity contribution in [2.24, 2.45) is 0 Å². The van der Waals surface area contributed by atoms with E-state index in [0.29, 0.717) is 11.8 Å². The fourth-order valence-electron chi connectivity index (χ4n) is 3.72. The molecule has 1 aromatic carbocycles. The monoisotopic (exact) mass is 394 g/mol. The second-order valence-electron chi connectivity index (χ2n) is 8.12. The van der Waals surface area contributed by atoms with Gasteiger partial charge in [0.05, 0.1) is 23.6 Å². The number of anilines is 1. The highest BCUT2D eigenvalue weighted by molar-refractivity contribution is 5.86. The fourth-order valence-corrected chi connectivity index (χ4v) is 3.72. The highest BCUT2D eigenvalue weighted by Crippen LogP contribution is 2.39. The molecule has 3 aromatic rings. The number of ether oxygens (including phenoxy) is 1. The molecule has 1 saturated heterocycles. The number of benzene rings is 1. The van der Waals surface area contributed by atoms with Crippen molar-refractivity contribution < 1.29 is 9.15 Å². The molecule has 0 atom stereocenters. The SMILES string of the molecule is CC(C)Oc1ncnc2ccc(N3CCN(Cc4nnc(C5CC5)o4)CC3)cc12. The standard InChI is InChI=1S/C21H26N6O2/c1-14(2)28-21-17-11-16(5-6-18(17)22-13-23-21)27-9-7-26(8-10-27)12-19-24-25-20(29-19)15-3-4-15/h5-6,11,13-15H,3-4,7-10,12H2,1-2H3. The number of aromatic nitrogens is 4. The molecule has 0 radical (unpaired) electrons. The van der Waals surface area contributed by atoms with E-state index in [1.165, 1.54) is 18.5 Å². The molecule has 152 valence electrons. The lowest BCUT2D eigenvalue weighted by Crippen LogP contribution is -2.46. The molecule has 0 unspecified atom stereocenters. The van der Waals surface area contributed by atoms with E-state index < -0.39 is 0 Å². The van der Waals surface area contributed by atoms with E-state index in [0.717, 1.165) is 55.4 Å². The minimum atomic E-state index is 0.0745. The summed E-state index contributed by atoms with van der Waals surface area (Å²) in [7, 11) is 0. The van der Waals surface area contributed by atoms with Crippen LogP contribution in [-0.2, 0) is 6.54 Å². The first-order valence-corrected chi connectivity index (χ1v) is 10.4. The van der Waals surface area contributed by atoms with Crippen LogP contribution < -0.4 is 9.64 Å². The van der Waals surface area contributed by atoms with E-state index >= 15 is 0 Å². The Kier molecular flexibility index (Phi) is 4.79. The van der Waals surface area contributed by atoms with Gasteiger partial charge in [0.2, 0.25) is 17.7 Å². The van der Waals surface area contributed by atoms with Gasteiger partial charge in [-0.25, -0.2) is 9.97 Å². The summed E-state index contributed by atoms with van der Waals surface area (Å²) < 4.78 is 11.7. The molecule has 0 spiro atoms. The van der Waals surface area contributed by atoms with Crippen molar-refractivity contribution in [2.75, 3.05) is 31.1 Å². The van der Waals surface area contributed by atoms with E-state index in [2.05, 4.69) is 42.1 Å². The van der Waals surface area contributed by atoms with Crippen LogP contribution in [0.3, 0.4) is 0 Å². The fraction of sp³-hybridized carbons (Fsp3) is 0.524. The Morgan fingerprint density at radius 1 is 1.10 bits per heavy atom. The van der Waals surface area contributed by atoms with Gasteiger partial charge in [-0.15, -0.1) is 10.2 Å². The Morgan fingerprint density at radius 2 is 1.93 bits per heavy atom. The highest BCUT2D eigenvalue weighted by Gasteiger charge is 2.29. The van der Waals surface area contributed by atoms with Crippen LogP contribution >= 0.6 is 0 Å². The van der Waals surface area contributed by atoms with Gasteiger partial charge in [-0.3, -0.25) is 4.90 Å². The van der Waals surface area contributed by atoms with Crippen LogP contribution in [0.25, 0.3) is 10.9 Å². The average Bonchev–Trinajstić information content (AvgIpc) is 3.47. The van der Waals surface area contributed by atoms with Crippen LogP contribution in [0.2, 0.25) is 0 Å². The summed E-state index contributed by atoms with van der Waals surface area (Å²) in [6, 6.07) is 6.32. The van der Waals surface area contributed by atoms with Crippen molar-refractivity contribution in [3.8, 4) is 5.88 Å². The molecule has 2 fully saturated rings. The predicted molar refractivity (Wildman–Crippen MR) is 109 cm³/mol. The molecule has 1 saturated carbocycles. The summed E-state index contributed by atoms with van der Waals surface area (Å²) in [6.45, 7) is 8.56. The molecule has 2 aliphatic rings. The summed E-state index contributed by atoms with van der Waals surface area (Å²) in [5.74, 6) is 2.71. The lowest BCUT2D eigenvalue weighted by molar-refractivity contribution is 0.224. The molecule has 0 amide bonds. The van der Waals surface area contributed by atoms with Crippen LogP contribution in [0.1, 0.15) is 44.4 Å². The minimum absolute atomic E-state index is 0.0745. The Bertz CT molecular complexity index is 992. The van der Waals surface area contributed by atoms with Crippen molar-refractivity contribution >= 4 is 16.6 Å². The molecule has 8 heteroatoms. The first kappa shape index (κ1) is 18.3. The number of hydrogen-bond donors (Lipinski definition) is 0. The predicted octanol–water partition coefficient (Wildman–Crippen LogP) is 3.00. The first-order valence-electron chi connectivity index (χ1n) is 10.4. The van der Waals surface area contributed by atoms with Gasteiger partial charge in [0.25, 0.3) is 0 Å². The van der Waals surface area contributed by atoms with Crippen molar-refractivity contribution in [2.45, 2.75) is 45.3 Å². The molecule has 3 heterocycles. The molecule has 2 aromatic heterocycles. The van der Waals surface area contributed by atoms with Gasteiger partial charge >= 0.3 is 0 Å². The Hall–Kier alpha value is -2.74. The maximum atomic E-state index is 5.88. The van der Waals surface area contributed by atoms with Crippen molar-refractivity contribution in [1.82, 2.24) is 25.1 Å². The summed E-state index contributed by atoms with van der Waals surface area (Å²) >= 11 is 0. The van der Waals surface area contributed by atoms with E-state index in [9.17, 15) is 0 Å². The van der Waals surface area contributed by atoms with Gasteiger partial charge in [-0.2, -0.15) is 0 Å². The molecule has 29 heavy (non-hydrogen) atoms.